The van der Waals surface area contributed by atoms with E-state index in [0.717, 1.165) is 11.5 Å². The van der Waals surface area contributed by atoms with Crippen molar-refractivity contribution in [3.05, 3.63) is 53.5 Å². The number of thioether (sulfide) groups is 1. The largest absolute Gasteiger partial charge is 0.464 e. The molecule has 17 heavy (non-hydrogen) atoms. The average molecular weight is 247 g/mol. The smallest absolute Gasteiger partial charge is 0.125 e. The van der Waals surface area contributed by atoms with E-state index in [0.29, 0.717) is 0 Å². The zero-order valence-corrected chi connectivity index (χ0v) is 11.2. The summed E-state index contributed by atoms with van der Waals surface area (Å²) in [6, 6.07) is 12.6. The van der Waals surface area contributed by atoms with Crippen LogP contribution < -0.4 is 5.32 Å². The molecule has 90 valence electrons. The lowest BCUT2D eigenvalue weighted by atomic mass is 10.0. The highest BCUT2D eigenvalue weighted by molar-refractivity contribution is 7.98. The second-order valence-electron chi connectivity index (χ2n) is 3.91. The summed E-state index contributed by atoms with van der Waals surface area (Å²) in [6.07, 6.45) is 2.10. The quantitative estimate of drug-likeness (QED) is 0.835. The van der Waals surface area contributed by atoms with E-state index in [9.17, 15) is 0 Å². The Morgan fingerprint density at radius 2 is 1.94 bits per heavy atom. The summed E-state index contributed by atoms with van der Waals surface area (Å²) in [5.41, 5.74) is 1.26. The molecule has 2 aromatic rings. The maximum Gasteiger partial charge on any atom is 0.125 e. The fourth-order valence-corrected chi connectivity index (χ4v) is 2.60. The van der Waals surface area contributed by atoms with Crippen molar-refractivity contribution in [2.24, 2.45) is 0 Å². The first-order valence-corrected chi connectivity index (χ1v) is 6.85. The third kappa shape index (κ3) is 2.56. The van der Waals surface area contributed by atoms with Gasteiger partial charge in [0.2, 0.25) is 0 Å². The lowest BCUT2D eigenvalue weighted by molar-refractivity contribution is 0.442. The molecular weight excluding hydrogens is 230 g/mol. The molecule has 0 aliphatic rings. The van der Waals surface area contributed by atoms with Gasteiger partial charge in [-0.1, -0.05) is 18.2 Å². The highest BCUT2D eigenvalue weighted by atomic mass is 32.2. The van der Waals surface area contributed by atoms with Crippen LogP contribution in [0.1, 0.15) is 23.1 Å². The second-order valence-corrected chi connectivity index (χ2v) is 4.76. The van der Waals surface area contributed by atoms with Gasteiger partial charge in [0.05, 0.1) is 6.04 Å². The Balaban J connectivity index is 2.41. The summed E-state index contributed by atoms with van der Waals surface area (Å²) >= 11 is 1.76. The fourth-order valence-electron chi connectivity index (χ4n) is 1.96. The third-order valence-electron chi connectivity index (χ3n) is 2.78. The van der Waals surface area contributed by atoms with Gasteiger partial charge in [0.25, 0.3) is 0 Å². The van der Waals surface area contributed by atoms with Gasteiger partial charge in [0.15, 0.2) is 0 Å². The van der Waals surface area contributed by atoms with Crippen molar-refractivity contribution >= 4 is 11.8 Å². The molecular formula is C14H17NOS. The Hall–Kier alpha value is -1.19. The van der Waals surface area contributed by atoms with Crippen LogP contribution in [-0.2, 0) is 0 Å². The Kier molecular flexibility index (Phi) is 3.92. The SMILES string of the molecule is CNC(c1ccc(C)o1)c1ccccc1SC. The molecule has 1 aromatic carbocycles. The predicted octanol–water partition coefficient (Wildman–Crippen LogP) is 3.62. The molecule has 0 saturated carbocycles. The molecule has 2 nitrogen and oxygen atoms in total. The minimum absolute atomic E-state index is 0.118. The molecule has 0 fully saturated rings. The molecule has 0 saturated heterocycles. The fraction of sp³-hybridized carbons (Fsp3) is 0.286. The van der Waals surface area contributed by atoms with Crippen molar-refractivity contribution in [1.29, 1.82) is 0 Å². The first-order valence-electron chi connectivity index (χ1n) is 5.62. The van der Waals surface area contributed by atoms with E-state index in [1.165, 1.54) is 10.5 Å². The van der Waals surface area contributed by atoms with Crippen LogP contribution in [0, 0.1) is 6.92 Å². The van der Waals surface area contributed by atoms with Gasteiger partial charge in [-0.2, -0.15) is 0 Å². The van der Waals surface area contributed by atoms with E-state index in [2.05, 4.69) is 35.8 Å². The molecule has 0 spiro atoms. The molecule has 0 bridgehead atoms. The minimum Gasteiger partial charge on any atom is -0.464 e. The summed E-state index contributed by atoms with van der Waals surface area (Å²) in [5.74, 6) is 1.91. The molecule has 2 rings (SSSR count). The summed E-state index contributed by atoms with van der Waals surface area (Å²) in [6.45, 7) is 1.97. The van der Waals surface area contributed by atoms with Crippen molar-refractivity contribution < 1.29 is 4.42 Å². The van der Waals surface area contributed by atoms with Crippen molar-refractivity contribution in [1.82, 2.24) is 5.32 Å². The van der Waals surface area contributed by atoms with E-state index in [1.54, 1.807) is 11.8 Å². The summed E-state index contributed by atoms with van der Waals surface area (Å²) in [7, 11) is 1.96. The van der Waals surface area contributed by atoms with Crippen molar-refractivity contribution in [2.75, 3.05) is 13.3 Å². The second kappa shape index (κ2) is 5.43. The number of aryl methyl sites for hydroxylation is 1. The van der Waals surface area contributed by atoms with Gasteiger partial charge in [0.1, 0.15) is 11.5 Å². The Bertz CT molecular complexity index is 492. The van der Waals surface area contributed by atoms with E-state index in [4.69, 9.17) is 4.42 Å². The van der Waals surface area contributed by atoms with Crippen molar-refractivity contribution in [3.63, 3.8) is 0 Å². The van der Waals surface area contributed by atoms with Crippen LogP contribution in [0.25, 0.3) is 0 Å². The van der Waals surface area contributed by atoms with Gasteiger partial charge in [-0.05, 0) is 44.0 Å². The molecule has 1 atom stereocenters. The number of hydrogen-bond acceptors (Lipinski definition) is 3. The highest BCUT2D eigenvalue weighted by Gasteiger charge is 2.17. The van der Waals surface area contributed by atoms with Crippen LogP contribution in [0.5, 0.6) is 0 Å². The predicted molar refractivity (Wildman–Crippen MR) is 72.6 cm³/mol. The zero-order chi connectivity index (χ0) is 12.3. The monoisotopic (exact) mass is 247 g/mol. The average Bonchev–Trinajstić information content (AvgIpc) is 2.77. The topological polar surface area (TPSA) is 25.2 Å². The highest BCUT2D eigenvalue weighted by Crippen LogP contribution is 2.30. The minimum atomic E-state index is 0.118. The molecule has 0 aliphatic carbocycles. The number of rotatable bonds is 4. The normalized spacial score (nSPS) is 12.6. The van der Waals surface area contributed by atoms with E-state index in [1.807, 2.05) is 26.1 Å². The van der Waals surface area contributed by atoms with Crippen LogP contribution in [0.4, 0.5) is 0 Å². The molecule has 0 amide bonds. The Morgan fingerprint density at radius 3 is 2.53 bits per heavy atom. The number of furan rings is 1. The summed E-state index contributed by atoms with van der Waals surface area (Å²) < 4.78 is 5.72. The van der Waals surface area contributed by atoms with Crippen LogP contribution in [-0.4, -0.2) is 13.3 Å². The van der Waals surface area contributed by atoms with E-state index in [-0.39, 0.29) is 6.04 Å². The maximum atomic E-state index is 5.72. The summed E-state index contributed by atoms with van der Waals surface area (Å²) in [5, 5.41) is 3.32. The standard InChI is InChI=1S/C14H17NOS/c1-10-8-9-12(16-10)14(15-2)11-6-4-5-7-13(11)17-3/h4-9,14-15H,1-3H3. The number of nitrogens with one attached hydrogen (secondary N) is 1. The molecule has 1 heterocycles. The first-order chi connectivity index (χ1) is 8.26. The Morgan fingerprint density at radius 1 is 1.18 bits per heavy atom. The lowest BCUT2D eigenvalue weighted by Crippen LogP contribution is -2.17. The van der Waals surface area contributed by atoms with Gasteiger partial charge >= 0.3 is 0 Å². The molecule has 1 N–H and O–H groups in total. The zero-order valence-electron chi connectivity index (χ0n) is 10.4. The maximum absolute atomic E-state index is 5.72. The van der Waals surface area contributed by atoms with Crippen LogP contribution in [0.2, 0.25) is 0 Å². The third-order valence-corrected chi connectivity index (χ3v) is 3.60. The van der Waals surface area contributed by atoms with Gasteiger partial charge < -0.3 is 9.73 Å². The summed E-state index contributed by atoms with van der Waals surface area (Å²) in [4.78, 5) is 1.28. The van der Waals surface area contributed by atoms with Crippen LogP contribution in [0.3, 0.4) is 0 Å². The lowest BCUT2D eigenvalue weighted by Gasteiger charge is -2.17. The van der Waals surface area contributed by atoms with Gasteiger partial charge in [-0.25, -0.2) is 0 Å². The molecule has 0 radical (unpaired) electrons. The molecule has 1 unspecified atom stereocenters. The van der Waals surface area contributed by atoms with Gasteiger partial charge in [-0.15, -0.1) is 11.8 Å². The first kappa shape index (κ1) is 12.3. The molecule has 3 heteroatoms. The van der Waals surface area contributed by atoms with Gasteiger partial charge in [-0.3, -0.25) is 0 Å². The van der Waals surface area contributed by atoms with E-state index >= 15 is 0 Å². The number of benzene rings is 1. The van der Waals surface area contributed by atoms with Gasteiger partial charge in [0, 0.05) is 4.90 Å². The van der Waals surface area contributed by atoms with Crippen LogP contribution in [0.15, 0.2) is 45.7 Å². The van der Waals surface area contributed by atoms with Crippen LogP contribution >= 0.6 is 11.8 Å². The number of hydrogen-bond donors (Lipinski definition) is 1. The molecule has 0 aliphatic heterocycles. The van der Waals surface area contributed by atoms with Crippen molar-refractivity contribution in [3.8, 4) is 0 Å². The van der Waals surface area contributed by atoms with Crippen molar-refractivity contribution in [2.45, 2.75) is 17.9 Å². The van der Waals surface area contributed by atoms with E-state index < -0.39 is 0 Å². The Labute approximate surface area is 106 Å². The molecule has 1 aromatic heterocycles.